The number of rotatable bonds is 4. The summed E-state index contributed by atoms with van der Waals surface area (Å²) in [6.07, 6.45) is 9.92. The van der Waals surface area contributed by atoms with E-state index in [0.29, 0.717) is 18.5 Å². The van der Waals surface area contributed by atoms with Crippen molar-refractivity contribution >= 4 is 6.03 Å². The van der Waals surface area contributed by atoms with Crippen molar-refractivity contribution in [3.8, 4) is 0 Å². The molecular weight excluding hydrogens is 262 g/mol. The zero-order valence-corrected chi connectivity index (χ0v) is 12.8. The third-order valence-corrected chi connectivity index (χ3v) is 5.09. The molecule has 2 aliphatic rings. The van der Waals surface area contributed by atoms with Crippen LogP contribution in [0.15, 0.2) is 24.5 Å². The zero-order chi connectivity index (χ0) is 14.7. The third kappa shape index (κ3) is 3.20. The number of hydrogen-bond donors (Lipinski definition) is 1. The zero-order valence-electron chi connectivity index (χ0n) is 12.8. The molecule has 1 saturated heterocycles. The van der Waals surface area contributed by atoms with Crippen LogP contribution in [-0.2, 0) is 0 Å². The quantitative estimate of drug-likeness (QED) is 0.924. The van der Waals surface area contributed by atoms with Crippen LogP contribution in [0.1, 0.15) is 50.5 Å². The van der Waals surface area contributed by atoms with E-state index in [4.69, 9.17) is 0 Å². The summed E-state index contributed by atoms with van der Waals surface area (Å²) in [6, 6.07) is 4.66. The molecule has 1 aromatic heterocycles. The lowest BCUT2D eigenvalue weighted by atomic mass is 9.79. The van der Waals surface area contributed by atoms with Crippen LogP contribution in [0.3, 0.4) is 0 Å². The van der Waals surface area contributed by atoms with Crippen molar-refractivity contribution in [3.63, 3.8) is 0 Å². The molecule has 2 fully saturated rings. The molecule has 4 heteroatoms. The van der Waals surface area contributed by atoms with Crippen molar-refractivity contribution in [2.24, 2.45) is 5.92 Å². The predicted octanol–water partition coefficient (Wildman–Crippen LogP) is 3.16. The first-order valence-electron chi connectivity index (χ1n) is 8.20. The normalized spacial score (nSPS) is 23.7. The fourth-order valence-corrected chi connectivity index (χ4v) is 3.51. The molecule has 1 aliphatic carbocycles. The molecule has 1 aromatic rings. The molecule has 0 aromatic carbocycles. The summed E-state index contributed by atoms with van der Waals surface area (Å²) in [4.78, 5) is 18.6. The summed E-state index contributed by atoms with van der Waals surface area (Å²) in [5.41, 5.74) is 1.22. The van der Waals surface area contributed by atoms with Gasteiger partial charge in [-0.15, -0.1) is 0 Å². The number of nitrogens with one attached hydrogen (secondary N) is 1. The molecule has 4 nitrogen and oxygen atoms in total. The monoisotopic (exact) mass is 287 g/mol. The second kappa shape index (κ2) is 6.46. The number of amides is 2. The van der Waals surface area contributed by atoms with Crippen molar-refractivity contribution < 1.29 is 4.79 Å². The van der Waals surface area contributed by atoms with Crippen LogP contribution in [-0.4, -0.2) is 35.0 Å². The van der Waals surface area contributed by atoms with E-state index in [1.165, 1.54) is 31.2 Å². The Kier molecular flexibility index (Phi) is 4.42. The summed E-state index contributed by atoms with van der Waals surface area (Å²) in [7, 11) is 0. The van der Waals surface area contributed by atoms with Crippen molar-refractivity contribution in [2.45, 2.75) is 51.0 Å². The van der Waals surface area contributed by atoms with Gasteiger partial charge in [0.1, 0.15) is 0 Å². The van der Waals surface area contributed by atoms with E-state index in [9.17, 15) is 4.79 Å². The average molecular weight is 287 g/mol. The Morgan fingerprint density at radius 2 is 2.10 bits per heavy atom. The Bertz CT molecular complexity index is 472. The molecule has 1 N–H and O–H groups in total. The number of aromatic nitrogens is 1. The fourth-order valence-electron chi connectivity index (χ4n) is 3.51. The smallest absolute Gasteiger partial charge is 0.317 e. The molecule has 21 heavy (non-hydrogen) atoms. The minimum atomic E-state index is 0.130. The second-order valence-corrected chi connectivity index (χ2v) is 6.46. The van der Waals surface area contributed by atoms with E-state index in [-0.39, 0.29) is 6.03 Å². The van der Waals surface area contributed by atoms with Gasteiger partial charge in [0.25, 0.3) is 0 Å². The van der Waals surface area contributed by atoms with Gasteiger partial charge < -0.3 is 10.2 Å². The summed E-state index contributed by atoms with van der Waals surface area (Å²) in [6.45, 7) is 3.76. The van der Waals surface area contributed by atoms with Gasteiger partial charge in [-0.05, 0) is 55.2 Å². The Balaban J connectivity index is 1.51. The minimum absolute atomic E-state index is 0.130. The number of hydrogen-bond acceptors (Lipinski definition) is 2. The lowest BCUT2D eigenvalue weighted by molar-refractivity contribution is 0.139. The van der Waals surface area contributed by atoms with Gasteiger partial charge in [0, 0.05) is 31.5 Å². The molecule has 2 amide bonds. The van der Waals surface area contributed by atoms with Gasteiger partial charge in [0.15, 0.2) is 0 Å². The molecule has 114 valence electrons. The van der Waals surface area contributed by atoms with Crippen LogP contribution < -0.4 is 5.32 Å². The van der Waals surface area contributed by atoms with Gasteiger partial charge >= 0.3 is 6.03 Å². The maximum Gasteiger partial charge on any atom is 0.317 e. The summed E-state index contributed by atoms with van der Waals surface area (Å²) in [5.74, 6) is 1.08. The van der Waals surface area contributed by atoms with Crippen LogP contribution in [0.5, 0.6) is 0 Å². The van der Waals surface area contributed by atoms with Crippen LogP contribution >= 0.6 is 0 Å². The SMILES string of the molecule is CC(CNC(=O)N1CCCC1C1CCC1)c1ccncc1. The van der Waals surface area contributed by atoms with Gasteiger partial charge in [-0.2, -0.15) is 0 Å². The van der Waals surface area contributed by atoms with E-state index >= 15 is 0 Å². The molecule has 0 spiro atoms. The molecule has 0 radical (unpaired) electrons. The number of urea groups is 1. The van der Waals surface area contributed by atoms with Gasteiger partial charge in [0.2, 0.25) is 0 Å². The van der Waals surface area contributed by atoms with Gasteiger partial charge in [-0.3, -0.25) is 4.98 Å². The van der Waals surface area contributed by atoms with Gasteiger partial charge in [-0.25, -0.2) is 4.79 Å². The number of pyridine rings is 1. The standard InChI is InChI=1S/C17H25N3O/c1-13(14-7-9-18-10-8-14)12-19-17(21)20-11-3-6-16(20)15-4-2-5-15/h7-10,13,15-16H,2-6,11-12H2,1H3,(H,19,21). The first kappa shape index (κ1) is 14.4. The highest BCUT2D eigenvalue weighted by atomic mass is 16.2. The molecule has 2 atom stereocenters. The number of carbonyl (C=O) groups excluding carboxylic acids is 1. The van der Waals surface area contributed by atoms with Crippen molar-refractivity contribution in [2.75, 3.05) is 13.1 Å². The van der Waals surface area contributed by atoms with Crippen LogP contribution in [0.25, 0.3) is 0 Å². The fraction of sp³-hybridized carbons (Fsp3) is 0.647. The first-order chi connectivity index (χ1) is 10.3. The Labute approximate surface area is 126 Å². The van der Waals surface area contributed by atoms with E-state index in [0.717, 1.165) is 18.9 Å². The first-order valence-corrected chi connectivity index (χ1v) is 8.20. The molecule has 0 bridgehead atoms. The van der Waals surface area contributed by atoms with E-state index in [2.05, 4.69) is 22.1 Å². The lowest BCUT2D eigenvalue weighted by Gasteiger charge is -2.37. The third-order valence-electron chi connectivity index (χ3n) is 5.09. The molecule has 1 aliphatic heterocycles. The number of likely N-dealkylation sites (tertiary alicyclic amines) is 1. The van der Waals surface area contributed by atoms with Crippen molar-refractivity contribution in [3.05, 3.63) is 30.1 Å². The second-order valence-electron chi connectivity index (χ2n) is 6.46. The summed E-state index contributed by atoms with van der Waals surface area (Å²) < 4.78 is 0. The maximum absolute atomic E-state index is 12.4. The Hall–Kier alpha value is -1.58. The summed E-state index contributed by atoms with van der Waals surface area (Å²) in [5, 5.41) is 3.12. The highest BCUT2D eigenvalue weighted by Gasteiger charge is 2.37. The van der Waals surface area contributed by atoms with Gasteiger partial charge in [0.05, 0.1) is 0 Å². The Morgan fingerprint density at radius 1 is 1.33 bits per heavy atom. The van der Waals surface area contributed by atoms with Crippen LogP contribution in [0, 0.1) is 5.92 Å². The van der Waals surface area contributed by atoms with Crippen molar-refractivity contribution in [1.29, 1.82) is 0 Å². The van der Waals surface area contributed by atoms with Crippen LogP contribution in [0.2, 0.25) is 0 Å². The lowest BCUT2D eigenvalue weighted by Crippen LogP contribution is -2.47. The van der Waals surface area contributed by atoms with E-state index in [1.807, 2.05) is 12.1 Å². The topological polar surface area (TPSA) is 45.2 Å². The minimum Gasteiger partial charge on any atom is -0.337 e. The number of carbonyl (C=O) groups is 1. The predicted molar refractivity (Wildman–Crippen MR) is 83.1 cm³/mol. The van der Waals surface area contributed by atoms with Gasteiger partial charge in [-0.1, -0.05) is 13.3 Å². The number of nitrogens with zero attached hydrogens (tertiary/aromatic N) is 2. The largest absolute Gasteiger partial charge is 0.337 e. The van der Waals surface area contributed by atoms with Crippen LogP contribution in [0.4, 0.5) is 4.79 Å². The highest BCUT2D eigenvalue weighted by molar-refractivity contribution is 5.75. The highest BCUT2D eigenvalue weighted by Crippen LogP contribution is 2.37. The van der Waals surface area contributed by atoms with E-state index in [1.54, 1.807) is 12.4 Å². The van der Waals surface area contributed by atoms with E-state index < -0.39 is 0 Å². The summed E-state index contributed by atoms with van der Waals surface area (Å²) >= 11 is 0. The van der Waals surface area contributed by atoms with Crippen molar-refractivity contribution in [1.82, 2.24) is 15.2 Å². The molecule has 1 saturated carbocycles. The molecule has 2 heterocycles. The molecular formula is C17H25N3O. The molecule has 3 rings (SSSR count). The average Bonchev–Trinajstić information content (AvgIpc) is 2.92. The maximum atomic E-state index is 12.4. The Morgan fingerprint density at radius 3 is 2.76 bits per heavy atom. The molecule has 2 unspecified atom stereocenters.